The van der Waals surface area contributed by atoms with Gasteiger partial charge in [0.05, 0.1) is 12.6 Å². The van der Waals surface area contributed by atoms with Crippen LogP contribution in [-0.2, 0) is 4.74 Å². The first-order valence-electron chi connectivity index (χ1n) is 4.81. The fourth-order valence-corrected chi connectivity index (χ4v) is 1.25. The standard InChI is InChI=1S/C8H15N5O2/c1-3-4-6(5-15-2)9-8(14)7-10-12-13-11-7/h6H,3-5H2,1-2H3,(H,9,14)(H,10,11,12,13). The molecule has 0 aromatic carbocycles. The van der Waals surface area contributed by atoms with Gasteiger partial charge in [-0.3, -0.25) is 4.79 Å². The fraction of sp³-hybridized carbons (Fsp3) is 0.750. The number of tetrazole rings is 1. The number of nitrogens with one attached hydrogen (secondary N) is 2. The van der Waals surface area contributed by atoms with Crippen LogP contribution < -0.4 is 5.32 Å². The van der Waals surface area contributed by atoms with Crippen LogP contribution in [0.5, 0.6) is 0 Å². The largest absolute Gasteiger partial charge is 0.383 e. The summed E-state index contributed by atoms with van der Waals surface area (Å²) in [5.74, 6) is -0.286. The number of H-pyrrole nitrogens is 1. The van der Waals surface area contributed by atoms with E-state index in [1.807, 2.05) is 6.92 Å². The molecule has 1 aromatic heterocycles. The molecule has 0 radical (unpaired) electrons. The molecule has 0 spiro atoms. The van der Waals surface area contributed by atoms with E-state index >= 15 is 0 Å². The number of methoxy groups -OCH3 is 1. The Balaban J connectivity index is 2.47. The molecule has 0 aliphatic carbocycles. The minimum Gasteiger partial charge on any atom is -0.383 e. The van der Waals surface area contributed by atoms with Crippen LogP contribution in [0.25, 0.3) is 0 Å². The zero-order valence-electron chi connectivity index (χ0n) is 8.86. The number of hydrogen-bond donors (Lipinski definition) is 2. The number of ether oxygens (including phenoxy) is 1. The van der Waals surface area contributed by atoms with Crippen molar-refractivity contribution in [2.45, 2.75) is 25.8 Å². The summed E-state index contributed by atoms with van der Waals surface area (Å²) in [7, 11) is 1.60. The maximum absolute atomic E-state index is 11.5. The molecule has 0 aliphatic heterocycles. The van der Waals surface area contributed by atoms with Crippen molar-refractivity contribution in [3.05, 3.63) is 5.82 Å². The number of nitrogens with zero attached hydrogens (tertiary/aromatic N) is 3. The molecule has 0 saturated carbocycles. The minimum absolute atomic E-state index is 0.00833. The SMILES string of the molecule is CCCC(COC)NC(=O)c1nn[nH]n1. The summed E-state index contributed by atoms with van der Waals surface area (Å²) in [6.45, 7) is 2.53. The molecule has 1 atom stereocenters. The highest BCUT2D eigenvalue weighted by atomic mass is 16.5. The Bertz CT molecular complexity index is 281. The topological polar surface area (TPSA) is 92.8 Å². The highest BCUT2D eigenvalue weighted by Gasteiger charge is 2.15. The van der Waals surface area contributed by atoms with Crippen molar-refractivity contribution in [2.75, 3.05) is 13.7 Å². The third-order valence-electron chi connectivity index (χ3n) is 1.89. The monoisotopic (exact) mass is 213 g/mol. The second kappa shape index (κ2) is 6.07. The Morgan fingerprint density at radius 2 is 2.47 bits per heavy atom. The first-order chi connectivity index (χ1) is 7.27. The number of carbonyl (C=O) groups is 1. The normalized spacial score (nSPS) is 12.4. The van der Waals surface area contributed by atoms with Crippen molar-refractivity contribution in [2.24, 2.45) is 0 Å². The van der Waals surface area contributed by atoms with E-state index in [-0.39, 0.29) is 17.8 Å². The van der Waals surface area contributed by atoms with Crippen molar-refractivity contribution in [1.29, 1.82) is 0 Å². The minimum atomic E-state index is -0.334. The Morgan fingerprint density at radius 1 is 1.67 bits per heavy atom. The van der Waals surface area contributed by atoms with Gasteiger partial charge in [-0.15, -0.1) is 10.2 Å². The molecule has 1 heterocycles. The molecule has 0 fully saturated rings. The van der Waals surface area contributed by atoms with E-state index in [1.54, 1.807) is 7.11 Å². The first-order valence-corrected chi connectivity index (χ1v) is 4.81. The smallest absolute Gasteiger partial charge is 0.293 e. The summed E-state index contributed by atoms with van der Waals surface area (Å²) in [5.41, 5.74) is 0. The van der Waals surface area contributed by atoms with Gasteiger partial charge in [0, 0.05) is 7.11 Å². The van der Waals surface area contributed by atoms with Crippen molar-refractivity contribution >= 4 is 5.91 Å². The maximum Gasteiger partial charge on any atom is 0.293 e. The lowest BCUT2D eigenvalue weighted by molar-refractivity contribution is 0.0881. The van der Waals surface area contributed by atoms with E-state index in [4.69, 9.17) is 4.74 Å². The molecular weight excluding hydrogens is 198 g/mol. The highest BCUT2D eigenvalue weighted by Crippen LogP contribution is 1.98. The molecule has 0 saturated heterocycles. The van der Waals surface area contributed by atoms with Crippen LogP contribution in [-0.4, -0.2) is 46.3 Å². The van der Waals surface area contributed by atoms with Crippen LogP contribution in [0.2, 0.25) is 0 Å². The lowest BCUT2D eigenvalue weighted by atomic mass is 10.2. The highest BCUT2D eigenvalue weighted by molar-refractivity contribution is 5.90. The average molecular weight is 213 g/mol. The summed E-state index contributed by atoms with van der Waals surface area (Å²) in [5, 5.41) is 15.5. The molecule has 7 nitrogen and oxygen atoms in total. The number of aromatic amines is 1. The van der Waals surface area contributed by atoms with E-state index in [9.17, 15) is 4.79 Å². The molecule has 15 heavy (non-hydrogen) atoms. The number of hydrogen-bond acceptors (Lipinski definition) is 5. The third-order valence-corrected chi connectivity index (χ3v) is 1.89. The van der Waals surface area contributed by atoms with Crippen molar-refractivity contribution < 1.29 is 9.53 Å². The van der Waals surface area contributed by atoms with Crippen LogP contribution in [0.3, 0.4) is 0 Å². The summed E-state index contributed by atoms with van der Waals surface area (Å²) >= 11 is 0. The van der Waals surface area contributed by atoms with Gasteiger partial charge >= 0.3 is 0 Å². The van der Waals surface area contributed by atoms with Crippen LogP contribution >= 0.6 is 0 Å². The zero-order chi connectivity index (χ0) is 11.1. The maximum atomic E-state index is 11.5. The summed E-state index contributed by atoms with van der Waals surface area (Å²) in [6, 6.07) is -0.00833. The molecular formula is C8H15N5O2. The Morgan fingerprint density at radius 3 is 3.00 bits per heavy atom. The van der Waals surface area contributed by atoms with Crippen molar-refractivity contribution in [1.82, 2.24) is 25.9 Å². The quantitative estimate of drug-likeness (QED) is 0.679. The van der Waals surface area contributed by atoms with Gasteiger partial charge in [-0.2, -0.15) is 5.21 Å². The van der Waals surface area contributed by atoms with Gasteiger partial charge in [0.2, 0.25) is 0 Å². The predicted octanol–water partition coefficient (Wildman–Crippen LogP) is -0.255. The molecule has 1 amide bonds. The van der Waals surface area contributed by atoms with Gasteiger partial charge in [-0.1, -0.05) is 13.3 Å². The van der Waals surface area contributed by atoms with Gasteiger partial charge in [0.1, 0.15) is 0 Å². The van der Waals surface area contributed by atoms with E-state index in [0.717, 1.165) is 12.8 Å². The number of aromatic nitrogens is 4. The molecule has 7 heteroatoms. The first kappa shape index (κ1) is 11.6. The summed E-state index contributed by atoms with van der Waals surface area (Å²) < 4.78 is 5.00. The summed E-state index contributed by atoms with van der Waals surface area (Å²) in [6.07, 6.45) is 1.83. The molecule has 84 valence electrons. The predicted molar refractivity (Wildman–Crippen MR) is 52.2 cm³/mol. The second-order valence-corrected chi connectivity index (χ2v) is 3.15. The van der Waals surface area contributed by atoms with Gasteiger partial charge in [-0.25, -0.2) is 0 Å². The third kappa shape index (κ3) is 3.62. The Kier molecular flexibility index (Phi) is 4.69. The Hall–Kier alpha value is -1.50. The second-order valence-electron chi connectivity index (χ2n) is 3.15. The van der Waals surface area contributed by atoms with Gasteiger partial charge in [-0.05, 0) is 11.6 Å². The summed E-state index contributed by atoms with van der Waals surface area (Å²) in [4.78, 5) is 11.5. The van der Waals surface area contributed by atoms with Crippen molar-refractivity contribution in [3.8, 4) is 0 Å². The van der Waals surface area contributed by atoms with E-state index in [2.05, 4.69) is 25.9 Å². The van der Waals surface area contributed by atoms with Crippen LogP contribution in [0.4, 0.5) is 0 Å². The lowest BCUT2D eigenvalue weighted by Gasteiger charge is -2.15. The average Bonchev–Trinajstić information content (AvgIpc) is 2.71. The van der Waals surface area contributed by atoms with Gasteiger partial charge in [0.25, 0.3) is 11.7 Å². The molecule has 1 rings (SSSR count). The number of amides is 1. The number of rotatable bonds is 6. The number of carbonyl (C=O) groups excluding carboxylic acids is 1. The molecule has 1 unspecified atom stereocenters. The fourth-order valence-electron chi connectivity index (χ4n) is 1.25. The van der Waals surface area contributed by atoms with Crippen LogP contribution in [0, 0.1) is 0 Å². The Labute approximate surface area is 87.6 Å². The van der Waals surface area contributed by atoms with E-state index < -0.39 is 0 Å². The molecule has 2 N–H and O–H groups in total. The molecule has 1 aromatic rings. The van der Waals surface area contributed by atoms with Crippen LogP contribution in [0.1, 0.15) is 30.4 Å². The van der Waals surface area contributed by atoms with Gasteiger partial charge in [0.15, 0.2) is 0 Å². The van der Waals surface area contributed by atoms with Crippen LogP contribution in [0.15, 0.2) is 0 Å². The van der Waals surface area contributed by atoms with E-state index in [0.29, 0.717) is 6.61 Å². The van der Waals surface area contributed by atoms with E-state index in [1.165, 1.54) is 0 Å². The molecule has 0 bridgehead atoms. The zero-order valence-corrected chi connectivity index (χ0v) is 8.86. The van der Waals surface area contributed by atoms with Crippen molar-refractivity contribution in [3.63, 3.8) is 0 Å². The lowest BCUT2D eigenvalue weighted by Crippen LogP contribution is -2.38. The van der Waals surface area contributed by atoms with Gasteiger partial charge < -0.3 is 10.1 Å². The molecule has 0 aliphatic rings.